The zero-order valence-corrected chi connectivity index (χ0v) is 24.0. The molecular formula is C28H28F6O6S2. The molecule has 42 heavy (non-hydrogen) atoms. The molecule has 14 heteroatoms. The maximum absolute atomic E-state index is 13.2. The van der Waals surface area contributed by atoms with Gasteiger partial charge in [0.05, 0.1) is 0 Å². The minimum Gasteiger partial charge on any atom is -0.376 e. The molecule has 0 aliphatic heterocycles. The molecule has 4 aliphatic rings. The van der Waals surface area contributed by atoms with Crippen molar-refractivity contribution in [2.75, 3.05) is 0 Å². The molecule has 0 amide bonds. The van der Waals surface area contributed by atoms with Crippen LogP contribution in [0.1, 0.15) is 73.6 Å². The van der Waals surface area contributed by atoms with Gasteiger partial charge >= 0.3 is 31.3 Å². The van der Waals surface area contributed by atoms with Crippen LogP contribution in [0.15, 0.2) is 24.3 Å². The Kier molecular flexibility index (Phi) is 6.70. The zero-order valence-electron chi connectivity index (χ0n) is 22.3. The summed E-state index contributed by atoms with van der Waals surface area (Å²) in [6.45, 7) is 0. The van der Waals surface area contributed by atoms with Gasteiger partial charge in [-0.15, -0.1) is 0 Å². The van der Waals surface area contributed by atoms with Gasteiger partial charge in [0.25, 0.3) is 0 Å². The fourth-order valence-electron chi connectivity index (χ4n) is 7.71. The van der Waals surface area contributed by atoms with Gasteiger partial charge < -0.3 is 8.37 Å². The van der Waals surface area contributed by atoms with Crippen molar-refractivity contribution >= 4 is 20.2 Å². The summed E-state index contributed by atoms with van der Waals surface area (Å²) in [7, 11) is -11.8. The molecule has 0 heterocycles. The molecule has 0 aromatic heterocycles. The van der Waals surface area contributed by atoms with E-state index in [0.717, 1.165) is 51.4 Å². The number of halogens is 6. The quantitative estimate of drug-likeness (QED) is 0.197. The molecule has 2 fully saturated rings. The van der Waals surface area contributed by atoms with E-state index in [2.05, 4.69) is 8.37 Å². The Labute approximate surface area is 239 Å². The van der Waals surface area contributed by atoms with Crippen LogP contribution in [0.4, 0.5) is 26.3 Å². The van der Waals surface area contributed by atoms with E-state index in [-0.39, 0.29) is 22.3 Å². The van der Waals surface area contributed by atoms with Gasteiger partial charge in [-0.3, -0.25) is 0 Å². The van der Waals surface area contributed by atoms with E-state index >= 15 is 0 Å². The molecule has 6 rings (SSSR count). The smallest absolute Gasteiger partial charge is 0.376 e. The van der Waals surface area contributed by atoms with Gasteiger partial charge in [-0.05, 0) is 96.6 Å². The summed E-state index contributed by atoms with van der Waals surface area (Å²) in [6.07, 6.45) is 8.64. The fourth-order valence-corrected chi connectivity index (χ4v) is 8.68. The minimum absolute atomic E-state index is 0.252. The van der Waals surface area contributed by atoms with Crippen molar-refractivity contribution in [3.8, 4) is 22.6 Å². The summed E-state index contributed by atoms with van der Waals surface area (Å²) >= 11 is 0. The molecule has 2 aromatic carbocycles. The van der Waals surface area contributed by atoms with Crippen molar-refractivity contribution in [3.05, 3.63) is 46.5 Å². The standard InChI is InChI=1S/C28H28F6O6S2/c29-27(30,31)41(35,36)39-23-7-5-17(19-13-25(15-21(19)23)9-1-2-10-25)18-6-8-24(40-42(37,38)28(32,33)34)22-16-26(14-20(18)22)11-3-4-12-26/h5-8H,1-4,9-16H2. The highest BCUT2D eigenvalue weighted by Gasteiger charge is 2.51. The van der Waals surface area contributed by atoms with Crippen molar-refractivity contribution in [3.63, 3.8) is 0 Å². The van der Waals surface area contributed by atoms with Crippen LogP contribution in [0.3, 0.4) is 0 Å². The molecular weight excluding hydrogens is 610 g/mol. The van der Waals surface area contributed by atoms with Crippen molar-refractivity contribution in [2.45, 2.75) is 88.1 Å². The number of alkyl halides is 6. The Hall–Kier alpha value is -2.48. The summed E-state index contributed by atoms with van der Waals surface area (Å²) < 4.78 is 136. The Morgan fingerprint density at radius 2 is 0.833 bits per heavy atom. The SMILES string of the molecule is O=S(=O)(Oc1ccc(-c2ccc(OS(=O)(=O)C(F)(F)F)c3c2CC2(CCCC2)C3)c2c1CC1(CCCC1)C2)C(F)(F)F. The lowest BCUT2D eigenvalue weighted by Crippen LogP contribution is -2.28. The van der Waals surface area contributed by atoms with Gasteiger partial charge in [-0.1, -0.05) is 37.8 Å². The highest BCUT2D eigenvalue weighted by molar-refractivity contribution is 7.88. The number of hydrogen-bond acceptors (Lipinski definition) is 6. The topological polar surface area (TPSA) is 86.7 Å². The van der Waals surface area contributed by atoms with Gasteiger partial charge in [0, 0.05) is 11.1 Å². The predicted octanol–water partition coefficient (Wildman–Crippen LogP) is 7.13. The van der Waals surface area contributed by atoms with E-state index in [1.165, 1.54) is 24.3 Å². The van der Waals surface area contributed by atoms with Gasteiger partial charge in [-0.25, -0.2) is 0 Å². The molecule has 6 nitrogen and oxygen atoms in total. The van der Waals surface area contributed by atoms with Crippen molar-refractivity contribution in [2.24, 2.45) is 10.8 Å². The van der Waals surface area contributed by atoms with Crippen LogP contribution in [0.25, 0.3) is 11.1 Å². The third kappa shape index (κ3) is 4.86. The first-order chi connectivity index (χ1) is 19.5. The molecule has 0 bridgehead atoms. The second-order valence-electron chi connectivity index (χ2n) is 12.2. The summed E-state index contributed by atoms with van der Waals surface area (Å²) in [5.74, 6) is -0.759. The van der Waals surface area contributed by atoms with E-state index < -0.39 is 31.3 Å². The number of fused-ring (bicyclic) bond motifs is 2. The van der Waals surface area contributed by atoms with Crippen LogP contribution < -0.4 is 8.37 Å². The van der Waals surface area contributed by atoms with E-state index in [9.17, 15) is 43.2 Å². The largest absolute Gasteiger partial charge is 0.534 e. The van der Waals surface area contributed by atoms with E-state index in [0.29, 0.717) is 59.1 Å². The number of rotatable bonds is 5. The highest BCUT2D eigenvalue weighted by atomic mass is 32.2. The lowest BCUT2D eigenvalue weighted by molar-refractivity contribution is -0.0505. The van der Waals surface area contributed by atoms with Gasteiger partial charge in [0.15, 0.2) is 0 Å². The molecule has 0 radical (unpaired) electrons. The summed E-state index contributed by atoms with van der Waals surface area (Å²) in [5, 5.41) is 0. The third-order valence-electron chi connectivity index (χ3n) is 9.57. The van der Waals surface area contributed by atoms with Crippen molar-refractivity contribution in [1.29, 1.82) is 0 Å². The molecule has 2 aromatic rings. The molecule has 0 saturated heterocycles. The molecule has 2 saturated carbocycles. The summed E-state index contributed by atoms with van der Waals surface area (Å²) in [5.41, 5.74) is -8.40. The Bertz CT molecular complexity index is 1530. The molecule has 0 unspecified atom stereocenters. The van der Waals surface area contributed by atoms with Gasteiger partial charge in [-0.2, -0.15) is 43.2 Å². The summed E-state index contributed by atoms with van der Waals surface area (Å²) in [4.78, 5) is 0. The van der Waals surface area contributed by atoms with Gasteiger partial charge in [0.1, 0.15) is 11.5 Å². The average molecular weight is 639 g/mol. The monoisotopic (exact) mass is 638 g/mol. The van der Waals surface area contributed by atoms with Crippen molar-refractivity contribution in [1.82, 2.24) is 0 Å². The molecule has 4 aliphatic carbocycles. The first-order valence-corrected chi connectivity index (χ1v) is 16.6. The number of hydrogen-bond donors (Lipinski definition) is 0. The predicted molar refractivity (Wildman–Crippen MR) is 140 cm³/mol. The minimum atomic E-state index is -5.91. The zero-order chi connectivity index (χ0) is 30.3. The van der Waals surface area contributed by atoms with Crippen LogP contribution in [0, 0.1) is 10.8 Å². The summed E-state index contributed by atoms with van der Waals surface area (Å²) in [6, 6.07) is 5.40. The Balaban J connectivity index is 1.49. The van der Waals surface area contributed by atoms with E-state index in [1.807, 2.05) is 0 Å². The lowest BCUT2D eigenvalue weighted by atomic mass is 9.82. The third-order valence-corrected chi connectivity index (χ3v) is 11.5. The maximum atomic E-state index is 13.2. The molecule has 0 N–H and O–H groups in total. The van der Waals surface area contributed by atoms with Crippen LogP contribution in [0.2, 0.25) is 0 Å². The fraction of sp³-hybridized carbons (Fsp3) is 0.571. The first-order valence-electron chi connectivity index (χ1n) is 13.8. The highest BCUT2D eigenvalue weighted by Crippen LogP contribution is 2.57. The normalized spacial score (nSPS) is 21.2. The molecule has 0 atom stereocenters. The second kappa shape index (κ2) is 9.51. The van der Waals surface area contributed by atoms with Crippen LogP contribution in [0.5, 0.6) is 11.5 Å². The Morgan fingerprint density at radius 1 is 0.524 bits per heavy atom. The van der Waals surface area contributed by atoms with Crippen LogP contribution in [-0.4, -0.2) is 27.9 Å². The van der Waals surface area contributed by atoms with Crippen LogP contribution in [-0.2, 0) is 45.9 Å². The lowest BCUT2D eigenvalue weighted by Gasteiger charge is -2.22. The van der Waals surface area contributed by atoms with Crippen LogP contribution >= 0.6 is 0 Å². The average Bonchev–Trinajstić information content (AvgIpc) is 3.66. The van der Waals surface area contributed by atoms with E-state index in [1.54, 1.807) is 0 Å². The van der Waals surface area contributed by atoms with Crippen molar-refractivity contribution < 1.29 is 51.5 Å². The van der Waals surface area contributed by atoms with Gasteiger partial charge in [0.2, 0.25) is 0 Å². The Morgan fingerprint density at radius 3 is 1.14 bits per heavy atom. The second-order valence-corrected chi connectivity index (χ2v) is 15.3. The first kappa shape index (κ1) is 29.6. The molecule has 230 valence electrons. The van der Waals surface area contributed by atoms with E-state index in [4.69, 9.17) is 0 Å². The maximum Gasteiger partial charge on any atom is 0.534 e. The molecule has 2 spiro atoms. The number of benzene rings is 2.